The molecular formula is C14H14N4O2S. The minimum atomic E-state index is -3.44. The van der Waals surface area contributed by atoms with Gasteiger partial charge in [-0.1, -0.05) is 12.1 Å². The number of aromatic amines is 1. The first-order valence-electron chi connectivity index (χ1n) is 6.46. The highest BCUT2D eigenvalue weighted by Crippen LogP contribution is 2.14. The Morgan fingerprint density at radius 3 is 2.62 bits per heavy atom. The molecular weight excluding hydrogens is 288 g/mol. The summed E-state index contributed by atoms with van der Waals surface area (Å²) in [6.45, 7) is 0. The standard InChI is InChI=1S/C14H14N4O2S/c19-21(20,10-7-11-5-8-15-9-6-11)18-14-16-12-3-1-2-4-13(12)17-14/h1-6,8-9H,7,10H2,(H2,16,17,18). The highest BCUT2D eigenvalue weighted by atomic mass is 32.2. The van der Waals surface area contributed by atoms with Crippen LogP contribution >= 0.6 is 0 Å². The normalized spacial score (nSPS) is 11.6. The number of aromatic nitrogens is 3. The number of hydrogen-bond acceptors (Lipinski definition) is 4. The van der Waals surface area contributed by atoms with Crippen LogP contribution < -0.4 is 4.72 Å². The van der Waals surface area contributed by atoms with Crippen LogP contribution in [0.4, 0.5) is 5.95 Å². The molecule has 0 amide bonds. The molecule has 0 aliphatic carbocycles. The SMILES string of the molecule is O=S(=O)(CCc1ccncc1)Nc1nc2ccccc2[nH]1. The average Bonchev–Trinajstić information content (AvgIpc) is 2.87. The number of para-hydroxylation sites is 2. The fraction of sp³-hybridized carbons (Fsp3) is 0.143. The van der Waals surface area contributed by atoms with Crippen molar-refractivity contribution in [3.63, 3.8) is 0 Å². The number of hydrogen-bond donors (Lipinski definition) is 2. The predicted octanol–water partition coefficient (Wildman–Crippen LogP) is 1.94. The van der Waals surface area contributed by atoms with Crippen LogP contribution in [0, 0.1) is 0 Å². The van der Waals surface area contributed by atoms with Gasteiger partial charge in [0.25, 0.3) is 0 Å². The quantitative estimate of drug-likeness (QED) is 0.754. The molecule has 0 fully saturated rings. The molecule has 0 atom stereocenters. The zero-order valence-electron chi connectivity index (χ0n) is 11.2. The van der Waals surface area contributed by atoms with Gasteiger partial charge in [0, 0.05) is 12.4 Å². The maximum Gasteiger partial charge on any atom is 0.235 e. The van der Waals surface area contributed by atoms with E-state index < -0.39 is 10.0 Å². The summed E-state index contributed by atoms with van der Waals surface area (Å²) in [5.74, 6) is 0.236. The van der Waals surface area contributed by atoms with Gasteiger partial charge in [0.15, 0.2) is 0 Å². The summed E-state index contributed by atoms with van der Waals surface area (Å²) < 4.78 is 26.6. The van der Waals surface area contributed by atoms with Gasteiger partial charge in [-0.05, 0) is 36.2 Å². The Bertz CT molecular complexity index is 811. The summed E-state index contributed by atoms with van der Waals surface area (Å²) >= 11 is 0. The summed E-state index contributed by atoms with van der Waals surface area (Å²) in [6.07, 6.45) is 3.72. The summed E-state index contributed by atoms with van der Waals surface area (Å²) in [7, 11) is -3.44. The Labute approximate surface area is 122 Å². The van der Waals surface area contributed by atoms with Crippen molar-refractivity contribution in [2.24, 2.45) is 0 Å². The van der Waals surface area contributed by atoms with Crippen molar-refractivity contribution in [3.05, 3.63) is 54.4 Å². The van der Waals surface area contributed by atoms with Crippen LogP contribution in [0.25, 0.3) is 11.0 Å². The minimum Gasteiger partial charge on any atom is -0.323 e. The highest BCUT2D eigenvalue weighted by Gasteiger charge is 2.13. The van der Waals surface area contributed by atoms with Crippen molar-refractivity contribution in [1.29, 1.82) is 0 Å². The molecule has 0 aliphatic rings. The molecule has 7 heteroatoms. The van der Waals surface area contributed by atoms with E-state index in [0.717, 1.165) is 16.6 Å². The van der Waals surface area contributed by atoms with E-state index >= 15 is 0 Å². The second-order valence-electron chi connectivity index (χ2n) is 4.63. The molecule has 0 radical (unpaired) electrons. The fourth-order valence-electron chi connectivity index (χ4n) is 2.00. The monoisotopic (exact) mass is 302 g/mol. The van der Waals surface area contributed by atoms with Gasteiger partial charge in [-0.25, -0.2) is 13.4 Å². The first kappa shape index (κ1) is 13.6. The van der Waals surface area contributed by atoms with Gasteiger partial charge >= 0.3 is 0 Å². The van der Waals surface area contributed by atoms with Crippen LogP contribution in [-0.2, 0) is 16.4 Å². The van der Waals surface area contributed by atoms with Crippen LogP contribution in [-0.4, -0.2) is 29.1 Å². The Hall–Kier alpha value is -2.41. The van der Waals surface area contributed by atoms with Crippen molar-refractivity contribution in [3.8, 4) is 0 Å². The average molecular weight is 302 g/mol. The number of H-pyrrole nitrogens is 1. The lowest BCUT2D eigenvalue weighted by Crippen LogP contribution is -2.19. The van der Waals surface area contributed by atoms with E-state index in [-0.39, 0.29) is 11.7 Å². The zero-order valence-corrected chi connectivity index (χ0v) is 12.0. The number of nitrogens with zero attached hydrogens (tertiary/aromatic N) is 2. The maximum atomic E-state index is 12.1. The number of imidazole rings is 1. The minimum absolute atomic E-state index is 0.00589. The number of nitrogens with one attached hydrogen (secondary N) is 2. The molecule has 0 bridgehead atoms. The Morgan fingerprint density at radius 1 is 1.10 bits per heavy atom. The number of pyridine rings is 1. The number of aryl methyl sites for hydroxylation is 1. The molecule has 6 nitrogen and oxygen atoms in total. The van der Waals surface area contributed by atoms with Gasteiger partial charge < -0.3 is 4.98 Å². The largest absolute Gasteiger partial charge is 0.323 e. The van der Waals surface area contributed by atoms with Crippen molar-refractivity contribution >= 4 is 27.0 Å². The van der Waals surface area contributed by atoms with Gasteiger partial charge in [0.1, 0.15) is 0 Å². The van der Waals surface area contributed by atoms with E-state index in [2.05, 4.69) is 19.7 Å². The van der Waals surface area contributed by atoms with Gasteiger partial charge in [-0.2, -0.15) is 0 Å². The molecule has 2 heterocycles. The molecule has 108 valence electrons. The predicted molar refractivity (Wildman–Crippen MR) is 81.4 cm³/mol. The van der Waals surface area contributed by atoms with Crippen molar-refractivity contribution in [2.75, 3.05) is 10.5 Å². The fourth-order valence-corrected chi connectivity index (χ4v) is 3.00. The molecule has 1 aromatic carbocycles. The lowest BCUT2D eigenvalue weighted by molar-refractivity contribution is 0.600. The molecule has 0 aliphatic heterocycles. The lowest BCUT2D eigenvalue weighted by Gasteiger charge is -2.05. The molecule has 0 saturated heterocycles. The summed E-state index contributed by atoms with van der Waals surface area (Å²) in [5.41, 5.74) is 2.45. The summed E-state index contributed by atoms with van der Waals surface area (Å²) in [4.78, 5) is 11.0. The maximum absolute atomic E-state index is 12.1. The molecule has 0 spiro atoms. The molecule has 0 unspecified atom stereocenters. The Morgan fingerprint density at radius 2 is 1.86 bits per heavy atom. The number of sulfonamides is 1. The first-order chi connectivity index (χ1) is 10.1. The third-order valence-corrected chi connectivity index (χ3v) is 4.30. The zero-order chi connectivity index (χ0) is 14.7. The van der Waals surface area contributed by atoms with Crippen LogP contribution in [0.3, 0.4) is 0 Å². The van der Waals surface area contributed by atoms with E-state index in [9.17, 15) is 8.42 Å². The summed E-state index contributed by atoms with van der Waals surface area (Å²) in [5, 5.41) is 0. The third kappa shape index (κ3) is 3.38. The van der Waals surface area contributed by atoms with E-state index in [4.69, 9.17) is 0 Å². The number of fused-ring (bicyclic) bond motifs is 1. The smallest absolute Gasteiger partial charge is 0.235 e. The van der Waals surface area contributed by atoms with Crippen LogP contribution in [0.1, 0.15) is 5.56 Å². The molecule has 3 rings (SSSR count). The van der Waals surface area contributed by atoms with Crippen molar-refractivity contribution < 1.29 is 8.42 Å². The van der Waals surface area contributed by atoms with Crippen LogP contribution in [0.5, 0.6) is 0 Å². The van der Waals surface area contributed by atoms with E-state index in [0.29, 0.717) is 6.42 Å². The van der Waals surface area contributed by atoms with Crippen molar-refractivity contribution in [1.82, 2.24) is 15.0 Å². The van der Waals surface area contributed by atoms with E-state index in [1.54, 1.807) is 24.5 Å². The number of rotatable bonds is 5. The lowest BCUT2D eigenvalue weighted by atomic mass is 10.2. The highest BCUT2D eigenvalue weighted by molar-refractivity contribution is 7.92. The van der Waals surface area contributed by atoms with Crippen LogP contribution in [0.2, 0.25) is 0 Å². The summed E-state index contributed by atoms with van der Waals surface area (Å²) in [6, 6.07) is 11.0. The topological polar surface area (TPSA) is 87.7 Å². The van der Waals surface area contributed by atoms with Gasteiger partial charge in [0.05, 0.1) is 16.8 Å². The molecule has 0 saturated carbocycles. The first-order valence-corrected chi connectivity index (χ1v) is 8.12. The van der Waals surface area contributed by atoms with Crippen molar-refractivity contribution in [2.45, 2.75) is 6.42 Å². The van der Waals surface area contributed by atoms with Crippen LogP contribution in [0.15, 0.2) is 48.8 Å². The van der Waals surface area contributed by atoms with Gasteiger partial charge in [-0.15, -0.1) is 0 Å². The van der Waals surface area contributed by atoms with Gasteiger partial charge in [0.2, 0.25) is 16.0 Å². The Balaban J connectivity index is 1.70. The second-order valence-corrected chi connectivity index (χ2v) is 6.47. The molecule has 2 N–H and O–H groups in total. The Kier molecular flexibility index (Phi) is 3.57. The van der Waals surface area contributed by atoms with E-state index in [1.807, 2.05) is 24.3 Å². The third-order valence-electron chi connectivity index (χ3n) is 3.05. The molecule has 21 heavy (non-hydrogen) atoms. The molecule has 2 aromatic heterocycles. The molecule has 3 aromatic rings. The number of benzene rings is 1. The number of anilines is 1. The van der Waals surface area contributed by atoms with E-state index in [1.165, 1.54) is 0 Å². The second kappa shape index (κ2) is 5.53. The van der Waals surface area contributed by atoms with Gasteiger partial charge in [-0.3, -0.25) is 9.71 Å².